The first-order chi connectivity index (χ1) is 10.00. The molecule has 1 unspecified atom stereocenters. The maximum Gasteiger partial charge on any atom is 0.573 e. The summed E-state index contributed by atoms with van der Waals surface area (Å²) in [5, 5.41) is 11.4. The summed E-state index contributed by atoms with van der Waals surface area (Å²) in [7, 11) is 0. The SMILES string of the molecule is CC(C)(C)OC(=O)NC(C#N)c1ccc(OC(F)(F)F)cc1. The maximum absolute atomic E-state index is 12.0. The first kappa shape index (κ1) is 17.6. The van der Waals surface area contributed by atoms with Crippen LogP contribution in [0.15, 0.2) is 24.3 Å². The van der Waals surface area contributed by atoms with Crippen LogP contribution in [0, 0.1) is 11.3 Å². The Bertz CT molecular complexity index is 557. The Morgan fingerprint density at radius 1 is 1.23 bits per heavy atom. The quantitative estimate of drug-likeness (QED) is 0.923. The first-order valence-corrected chi connectivity index (χ1v) is 6.25. The van der Waals surface area contributed by atoms with Crippen molar-refractivity contribution in [3.8, 4) is 11.8 Å². The molecule has 1 N–H and O–H groups in total. The lowest BCUT2D eigenvalue weighted by Gasteiger charge is -2.21. The Hall–Kier alpha value is -2.43. The number of hydrogen-bond acceptors (Lipinski definition) is 4. The molecule has 0 heterocycles. The molecule has 5 nitrogen and oxygen atoms in total. The van der Waals surface area contributed by atoms with E-state index < -0.39 is 29.8 Å². The van der Waals surface area contributed by atoms with Gasteiger partial charge in [-0.25, -0.2) is 4.79 Å². The topological polar surface area (TPSA) is 71.3 Å². The molecular formula is C14H15F3N2O3. The highest BCUT2D eigenvalue weighted by Gasteiger charge is 2.31. The standard InChI is InChI=1S/C14H15F3N2O3/c1-13(2,3)22-12(20)19-11(8-18)9-4-6-10(7-5-9)21-14(15,16)17/h4-7,11H,1-3H3,(H,19,20). The molecule has 0 radical (unpaired) electrons. The van der Waals surface area contributed by atoms with E-state index in [1.165, 1.54) is 12.1 Å². The van der Waals surface area contributed by atoms with Crippen LogP contribution >= 0.6 is 0 Å². The third-order valence-corrected chi connectivity index (χ3v) is 2.24. The Labute approximate surface area is 125 Å². The fourth-order valence-corrected chi connectivity index (χ4v) is 1.48. The molecule has 0 spiro atoms. The van der Waals surface area contributed by atoms with Crippen molar-refractivity contribution in [1.82, 2.24) is 5.32 Å². The number of nitriles is 1. The number of alkyl carbamates (subject to hydrolysis) is 1. The highest BCUT2D eigenvalue weighted by Crippen LogP contribution is 2.24. The van der Waals surface area contributed by atoms with Crippen LogP contribution in [0.1, 0.15) is 32.4 Å². The van der Waals surface area contributed by atoms with Gasteiger partial charge < -0.3 is 14.8 Å². The zero-order valence-electron chi connectivity index (χ0n) is 12.2. The van der Waals surface area contributed by atoms with E-state index in [9.17, 15) is 18.0 Å². The van der Waals surface area contributed by atoms with Crippen LogP contribution in [0.3, 0.4) is 0 Å². The molecule has 0 fully saturated rings. The molecule has 0 aliphatic carbocycles. The van der Waals surface area contributed by atoms with E-state index in [4.69, 9.17) is 10.00 Å². The average Bonchev–Trinajstić information content (AvgIpc) is 2.33. The van der Waals surface area contributed by atoms with Crippen molar-refractivity contribution in [2.45, 2.75) is 38.8 Å². The van der Waals surface area contributed by atoms with E-state index in [2.05, 4.69) is 10.1 Å². The van der Waals surface area contributed by atoms with E-state index in [1.54, 1.807) is 20.8 Å². The molecule has 120 valence electrons. The van der Waals surface area contributed by atoms with Gasteiger partial charge in [0.15, 0.2) is 0 Å². The Kier molecular flexibility index (Phi) is 5.25. The summed E-state index contributed by atoms with van der Waals surface area (Å²) in [5.41, 5.74) is -0.419. The Morgan fingerprint density at radius 2 is 1.77 bits per heavy atom. The van der Waals surface area contributed by atoms with Crippen LogP contribution in [0.4, 0.5) is 18.0 Å². The first-order valence-electron chi connectivity index (χ1n) is 6.25. The molecule has 1 atom stereocenters. The van der Waals surface area contributed by atoms with Crippen LogP contribution in [0.25, 0.3) is 0 Å². The number of alkyl halides is 3. The highest BCUT2D eigenvalue weighted by molar-refractivity contribution is 5.69. The van der Waals surface area contributed by atoms with Crippen LogP contribution < -0.4 is 10.1 Å². The van der Waals surface area contributed by atoms with Crippen molar-refractivity contribution in [3.05, 3.63) is 29.8 Å². The molecule has 1 aromatic rings. The Morgan fingerprint density at radius 3 is 2.18 bits per heavy atom. The normalized spacial score (nSPS) is 13.0. The van der Waals surface area contributed by atoms with Gasteiger partial charge in [0.05, 0.1) is 6.07 Å². The van der Waals surface area contributed by atoms with Crippen molar-refractivity contribution in [1.29, 1.82) is 5.26 Å². The molecule has 1 amide bonds. The lowest BCUT2D eigenvalue weighted by molar-refractivity contribution is -0.274. The van der Waals surface area contributed by atoms with Gasteiger partial charge in [0.1, 0.15) is 17.4 Å². The third kappa shape index (κ3) is 6.35. The van der Waals surface area contributed by atoms with Crippen molar-refractivity contribution in [2.24, 2.45) is 0 Å². The van der Waals surface area contributed by atoms with Gasteiger partial charge in [0, 0.05) is 0 Å². The molecule has 0 saturated carbocycles. The number of benzene rings is 1. The summed E-state index contributed by atoms with van der Waals surface area (Å²) < 4.78 is 44.9. The summed E-state index contributed by atoms with van der Waals surface area (Å²) in [6, 6.07) is 5.41. The summed E-state index contributed by atoms with van der Waals surface area (Å²) >= 11 is 0. The summed E-state index contributed by atoms with van der Waals surface area (Å²) in [6.07, 6.45) is -5.58. The van der Waals surface area contributed by atoms with E-state index in [1.807, 2.05) is 6.07 Å². The number of amides is 1. The average molecular weight is 316 g/mol. The van der Waals surface area contributed by atoms with Crippen LogP contribution in [0.5, 0.6) is 5.75 Å². The summed E-state index contributed by atoms with van der Waals surface area (Å²) in [4.78, 5) is 11.6. The van der Waals surface area contributed by atoms with E-state index in [-0.39, 0.29) is 0 Å². The molecule has 0 aliphatic heterocycles. The number of carbonyl (C=O) groups is 1. The van der Waals surface area contributed by atoms with Gasteiger partial charge >= 0.3 is 12.5 Å². The summed E-state index contributed by atoms with van der Waals surface area (Å²) in [6.45, 7) is 4.99. The number of nitrogens with zero attached hydrogens (tertiary/aromatic N) is 1. The minimum Gasteiger partial charge on any atom is -0.444 e. The molecular weight excluding hydrogens is 301 g/mol. The zero-order chi connectivity index (χ0) is 17.0. The fourth-order valence-electron chi connectivity index (χ4n) is 1.48. The minimum atomic E-state index is -4.79. The van der Waals surface area contributed by atoms with Crippen LogP contribution in [0.2, 0.25) is 0 Å². The van der Waals surface area contributed by atoms with E-state index in [0.29, 0.717) is 5.56 Å². The van der Waals surface area contributed by atoms with Crippen LogP contribution in [-0.4, -0.2) is 18.1 Å². The largest absolute Gasteiger partial charge is 0.573 e. The van der Waals surface area contributed by atoms with E-state index in [0.717, 1.165) is 12.1 Å². The van der Waals surface area contributed by atoms with Crippen molar-refractivity contribution >= 4 is 6.09 Å². The molecule has 1 aromatic carbocycles. The number of rotatable bonds is 3. The van der Waals surface area contributed by atoms with Gasteiger partial charge in [-0.2, -0.15) is 5.26 Å². The molecule has 0 aromatic heterocycles. The molecule has 0 bridgehead atoms. The molecule has 8 heteroatoms. The second-order valence-electron chi connectivity index (χ2n) is 5.33. The number of carbonyl (C=O) groups excluding carboxylic acids is 1. The number of ether oxygens (including phenoxy) is 2. The monoisotopic (exact) mass is 316 g/mol. The summed E-state index contributed by atoms with van der Waals surface area (Å²) in [5.74, 6) is -0.412. The zero-order valence-corrected chi connectivity index (χ0v) is 12.2. The van der Waals surface area contributed by atoms with Crippen molar-refractivity contribution in [2.75, 3.05) is 0 Å². The Balaban J connectivity index is 2.76. The van der Waals surface area contributed by atoms with Gasteiger partial charge in [0.25, 0.3) is 0 Å². The molecule has 22 heavy (non-hydrogen) atoms. The predicted octanol–water partition coefficient (Wildman–Crippen LogP) is 3.67. The lowest BCUT2D eigenvalue weighted by Crippen LogP contribution is -2.34. The number of halogens is 3. The van der Waals surface area contributed by atoms with E-state index >= 15 is 0 Å². The maximum atomic E-state index is 12.0. The smallest absolute Gasteiger partial charge is 0.444 e. The molecule has 1 rings (SSSR count). The second-order valence-corrected chi connectivity index (χ2v) is 5.33. The second kappa shape index (κ2) is 6.56. The lowest BCUT2D eigenvalue weighted by atomic mass is 10.1. The van der Waals surface area contributed by atoms with Crippen LogP contribution in [-0.2, 0) is 4.74 Å². The van der Waals surface area contributed by atoms with Gasteiger partial charge in [0.2, 0.25) is 0 Å². The minimum absolute atomic E-state index is 0.308. The highest BCUT2D eigenvalue weighted by atomic mass is 19.4. The van der Waals surface area contributed by atoms with Crippen molar-refractivity contribution < 1.29 is 27.4 Å². The van der Waals surface area contributed by atoms with Gasteiger partial charge in [-0.15, -0.1) is 13.2 Å². The molecule has 0 saturated heterocycles. The van der Waals surface area contributed by atoms with Gasteiger partial charge in [-0.1, -0.05) is 12.1 Å². The third-order valence-electron chi connectivity index (χ3n) is 2.24. The fraction of sp³-hybridized carbons (Fsp3) is 0.429. The number of nitrogens with one attached hydrogen (secondary N) is 1. The van der Waals surface area contributed by atoms with Gasteiger partial charge in [-0.3, -0.25) is 0 Å². The number of hydrogen-bond donors (Lipinski definition) is 1. The predicted molar refractivity (Wildman–Crippen MR) is 70.8 cm³/mol. The van der Waals surface area contributed by atoms with Crippen molar-refractivity contribution in [3.63, 3.8) is 0 Å². The van der Waals surface area contributed by atoms with Gasteiger partial charge in [-0.05, 0) is 38.5 Å². The molecule has 0 aliphatic rings.